The monoisotopic (exact) mass is 315 g/mol. The summed E-state index contributed by atoms with van der Waals surface area (Å²) >= 11 is 3.22. The zero-order valence-electron chi connectivity index (χ0n) is 10.4. The quantitative estimate of drug-likeness (QED) is 0.797. The van der Waals surface area contributed by atoms with Gasteiger partial charge >= 0.3 is 0 Å². The fourth-order valence-corrected chi connectivity index (χ4v) is 2.54. The third-order valence-corrected chi connectivity index (χ3v) is 3.53. The van der Waals surface area contributed by atoms with Gasteiger partial charge in [-0.25, -0.2) is 4.39 Å². The summed E-state index contributed by atoms with van der Waals surface area (Å²) in [6, 6.07) is 4.10. The molecular weight excluding hydrogens is 301 g/mol. The van der Waals surface area contributed by atoms with Crippen LogP contribution in [-0.4, -0.2) is 36.1 Å². The molecule has 1 amide bonds. The first-order valence-corrected chi connectivity index (χ1v) is 6.57. The van der Waals surface area contributed by atoms with Gasteiger partial charge in [0.05, 0.1) is 17.8 Å². The smallest absolute Gasteiger partial charge is 0.255 e. The standard InChI is InChI=1S/C13H15BrFNO2/c1-13(2)8-16(5-6-18-13)12(17)10-4-3-9(15)7-11(10)14/h3-4,7H,5-6,8H2,1-2H3. The Morgan fingerprint density at radius 3 is 2.83 bits per heavy atom. The third-order valence-electron chi connectivity index (χ3n) is 2.87. The summed E-state index contributed by atoms with van der Waals surface area (Å²) in [5, 5.41) is 0. The molecular formula is C13H15BrFNO2. The number of ether oxygens (including phenoxy) is 1. The molecule has 0 N–H and O–H groups in total. The number of hydrogen-bond donors (Lipinski definition) is 0. The van der Waals surface area contributed by atoms with Crippen LogP contribution in [0.4, 0.5) is 4.39 Å². The molecule has 1 aromatic rings. The van der Waals surface area contributed by atoms with Crippen LogP contribution in [0.2, 0.25) is 0 Å². The Labute approximate surface area is 114 Å². The topological polar surface area (TPSA) is 29.5 Å². The lowest BCUT2D eigenvalue weighted by Crippen LogP contribution is -2.50. The first-order valence-electron chi connectivity index (χ1n) is 5.77. The number of rotatable bonds is 1. The van der Waals surface area contributed by atoms with Crippen LogP contribution in [-0.2, 0) is 4.74 Å². The molecule has 0 aromatic heterocycles. The number of benzene rings is 1. The molecule has 2 rings (SSSR count). The minimum absolute atomic E-state index is 0.0988. The van der Waals surface area contributed by atoms with Crippen LogP contribution in [0.25, 0.3) is 0 Å². The lowest BCUT2D eigenvalue weighted by molar-refractivity contribution is -0.0764. The molecule has 0 radical (unpaired) electrons. The third kappa shape index (κ3) is 2.90. The van der Waals surface area contributed by atoms with E-state index in [1.54, 1.807) is 4.90 Å². The Morgan fingerprint density at radius 2 is 2.22 bits per heavy atom. The highest BCUT2D eigenvalue weighted by molar-refractivity contribution is 9.10. The average molecular weight is 316 g/mol. The van der Waals surface area contributed by atoms with Crippen molar-refractivity contribution in [3.8, 4) is 0 Å². The fraction of sp³-hybridized carbons (Fsp3) is 0.462. The van der Waals surface area contributed by atoms with Gasteiger partial charge in [-0.3, -0.25) is 4.79 Å². The summed E-state index contributed by atoms with van der Waals surface area (Å²) in [5.74, 6) is -0.459. The number of carbonyl (C=O) groups excluding carboxylic acids is 1. The van der Waals surface area contributed by atoms with Crippen molar-refractivity contribution in [2.75, 3.05) is 19.7 Å². The van der Waals surface area contributed by atoms with Gasteiger partial charge in [-0.2, -0.15) is 0 Å². The summed E-state index contributed by atoms with van der Waals surface area (Å²) in [4.78, 5) is 14.1. The van der Waals surface area contributed by atoms with Gasteiger partial charge in [0.1, 0.15) is 5.82 Å². The molecule has 0 spiro atoms. The van der Waals surface area contributed by atoms with Crippen LogP contribution in [0, 0.1) is 5.82 Å². The molecule has 0 unspecified atom stereocenters. The van der Waals surface area contributed by atoms with E-state index in [1.807, 2.05) is 13.8 Å². The number of hydrogen-bond acceptors (Lipinski definition) is 2. The largest absolute Gasteiger partial charge is 0.372 e. The summed E-state index contributed by atoms with van der Waals surface area (Å²) in [7, 11) is 0. The molecule has 1 aromatic carbocycles. The Kier molecular flexibility index (Phi) is 3.73. The molecule has 1 saturated heterocycles. The Hall–Kier alpha value is -0.940. The lowest BCUT2D eigenvalue weighted by Gasteiger charge is -2.38. The minimum Gasteiger partial charge on any atom is -0.372 e. The molecule has 0 bridgehead atoms. The average Bonchev–Trinajstić information content (AvgIpc) is 2.27. The maximum absolute atomic E-state index is 13.0. The van der Waals surface area contributed by atoms with E-state index in [2.05, 4.69) is 15.9 Å². The van der Waals surface area contributed by atoms with Gasteiger partial charge in [0, 0.05) is 17.6 Å². The van der Waals surface area contributed by atoms with Gasteiger partial charge in [0.2, 0.25) is 0 Å². The number of carbonyl (C=O) groups is 1. The zero-order valence-corrected chi connectivity index (χ0v) is 12.0. The highest BCUT2D eigenvalue weighted by atomic mass is 79.9. The van der Waals surface area contributed by atoms with E-state index in [1.165, 1.54) is 18.2 Å². The van der Waals surface area contributed by atoms with Crippen molar-refractivity contribution in [2.24, 2.45) is 0 Å². The molecule has 3 nitrogen and oxygen atoms in total. The normalized spacial score (nSPS) is 18.8. The second-order valence-electron chi connectivity index (χ2n) is 4.96. The Morgan fingerprint density at radius 1 is 1.50 bits per heavy atom. The van der Waals surface area contributed by atoms with Crippen molar-refractivity contribution in [3.63, 3.8) is 0 Å². The van der Waals surface area contributed by atoms with Crippen LogP contribution in [0.15, 0.2) is 22.7 Å². The lowest BCUT2D eigenvalue weighted by atomic mass is 10.1. The van der Waals surface area contributed by atoms with E-state index in [-0.39, 0.29) is 17.3 Å². The van der Waals surface area contributed by atoms with Crippen molar-refractivity contribution in [3.05, 3.63) is 34.1 Å². The molecule has 0 aliphatic carbocycles. The molecule has 5 heteroatoms. The molecule has 1 aliphatic heterocycles. The molecule has 0 atom stereocenters. The molecule has 1 aliphatic rings. The highest BCUT2D eigenvalue weighted by Crippen LogP contribution is 2.23. The van der Waals surface area contributed by atoms with E-state index in [9.17, 15) is 9.18 Å². The van der Waals surface area contributed by atoms with Crippen LogP contribution in [0.5, 0.6) is 0 Å². The predicted octanol–water partition coefficient (Wildman–Crippen LogP) is 2.84. The van der Waals surface area contributed by atoms with E-state index in [0.717, 1.165) is 0 Å². The summed E-state index contributed by atoms with van der Waals surface area (Å²) in [6.07, 6.45) is 0. The Bertz CT molecular complexity index is 476. The van der Waals surface area contributed by atoms with Crippen LogP contribution in [0.3, 0.4) is 0 Å². The van der Waals surface area contributed by atoms with E-state index in [0.29, 0.717) is 29.7 Å². The van der Waals surface area contributed by atoms with Gasteiger partial charge in [-0.15, -0.1) is 0 Å². The zero-order chi connectivity index (χ0) is 13.3. The van der Waals surface area contributed by atoms with Crippen LogP contribution < -0.4 is 0 Å². The molecule has 1 heterocycles. The number of morpholine rings is 1. The van der Waals surface area contributed by atoms with Gasteiger partial charge < -0.3 is 9.64 Å². The van der Waals surface area contributed by atoms with E-state index in [4.69, 9.17) is 4.74 Å². The Balaban J connectivity index is 2.20. The maximum atomic E-state index is 13.0. The highest BCUT2D eigenvalue weighted by Gasteiger charge is 2.31. The van der Waals surface area contributed by atoms with Crippen LogP contribution >= 0.6 is 15.9 Å². The van der Waals surface area contributed by atoms with Gasteiger partial charge in [0.15, 0.2) is 0 Å². The van der Waals surface area contributed by atoms with Crippen molar-refractivity contribution >= 4 is 21.8 Å². The van der Waals surface area contributed by atoms with Crippen LogP contribution in [0.1, 0.15) is 24.2 Å². The minimum atomic E-state index is -0.360. The first-order chi connectivity index (χ1) is 8.39. The summed E-state index contributed by atoms with van der Waals surface area (Å²) in [6.45, 7) is 5.53. The SMILES string of the molecule is CC1(C)CN(C(=O)c2ccc(F)cc2Br)CCO1. The van der Waals surface area contributed by atoms with Crippen molar-refractivity contribution in [2.45, 2.75) is 19.4 Å². The van der Waals surface area contributed by atoms with Gasteiger partial charge in [0.25, 0.3) is 5.91 Å². The van der Waals surface area contributed by atoms with Gasteiger partial charge in [-0.1, -0.05) is 0 Å². The molecule has 0 saturated carbocycles. The second-order valence-corrected chi connectivity index (χ2v) is 5.81. The van der Waals surface area contributed by atoms with E-state index < -0.39 is 0 Å². The van der Waals surface area contributed by atoms with Crippen molar-refractivity contribution in [1.82, 2.24) is 4.90 Å². The number of amides is 1. The van der Waals surface area contributed by atoms with Gasteiger partial charge in [-0.05, 0) is 48.0 Å². The number of nitrogens with zero attached hydrogens (tertiary/aromatic N) is 1. The summed E-state index contributed by atoms with van der Waals surface area (Å²) in [5.41, 5.74) is 0.148. The molecule has 1 fully saturated rings. The molecule has 98 valence electrons. The maximum Gasteiger partial charge on any atom is 0.255 e. The van der Waals surface area contributed by atoms with E-state index >= 15 is 0 Å². The summed E-state index contributed by atoms with van der Waals surface area (Å²) < 4.78 is 19.0. The number of halogens is 2. The molecule has 18 heavy (non-hydrogen) atoms. The predicted molar refractivity (Wildman–Crippen MR) is 70.0 cm³/mol. The second kappa shape index (κ2) is 4.97. The first kappa shape index (κ1) is 13.5. The van der Waals surface area contributed by atoms with Crippen molar-refractivity contribution in [1.29, 1.82) is 0 Å². The van der Waals surface area contributed by atoms with Crippen molar-refractivity contribution < 1.29 is 13.9 Å². The fourth-order valence-electron chi connectivity index (χ4n) is 2.02.